The van der Waals surface area contributed by atoms with Gasteiger partial charge in [0, 0.05) is 32.2 Å². The summed E-state index contributed by atoms with van der Waals surface area (Å²) in [6.07, 6.45) is 0. The second kappa shape index (κ2) is 6.56. The van der Waals surface area contributed by atoms with Gasteiger partial charge in [-0.05, 0) is 24.7 Å². The molecule has 1 aliphatic heterocycles. The van der Waals surface area contributed by atoms with Crippen LogP contribution in [0.1, 0.15) is 17.3 Å². The first-order valence-electron chi connectivity index (χ1n) is 7.31. The first-order chi connectivity index (χ1) is 10.2. The summed E-state index contributed by atoms with van der Waals surface area (Å²) in [6, 6.07) is 17.0. The molecular weight excluding hydrogens is 282 g/mol. The number of halogens is 1. The third-order valence-corrected chi connectivity index (χ3v) is 4.23. The lowest BCUT2D eigenvalue weighted by atomic mass is 10.0. The topological polar surface area (TPSA) is 19.4 Å². The molecule has 0 saturated carbocycles. The Morgan fingerprint density at radius 3 is 2.67 bits per heavy atom. The number of piperazine rings is 1. The number of hydrogen-bond donors (Lipinski definition) is 0. The molecule has 2 aromatic rings. The van der Waals surface area contributed by atoms with Crippen LogP contribution in [0.4, 0.5) is 0 Å². The number of aromatic nitrogens is 1. The van der Waals surface area contributed by atoms with E-state index in [4.69, 9.17) is 11.6 Å². The van der Waals surface area contributed by atoms with Gasteiger partial charge in [0.2, 0.25) is 0 Å². The zero-order chi connectivity index (χ0) is 14.7. The smallest absolute Gasteiger partial charge is 0.129 e. The van der Waals surface area contributed by atoms with Gasteiger partial charge in [0.15, 0.2) is 0 Å². The minimum Gasteiger partial charge on any atom is -0.303 e. The van der Waals surface area contributed by atoms with E-state index in [0.29, 0.717) is 11.2 Å². The third-order valence-electron chi connectivity index (χ3n) is 4.02. The van der Waals surface area contributed by atoms with Crippen LogP contribution in [0.3, 0.4) is 0 Å². The van der Waals surface area contributed by atoms with Crippen LogP contribution in [0.5, 0.6) is 0 Å². The summed E-state index contributed by atoms with van der Waals surface area (Å²) in [4.78, 5) is 9.31. The summed E-state index contributed by atoms with van der Waals surface area (Å²) in [5.74, 6) is 0. The minimum absolute atomic E-state index is 0.408. The van der Waals surface area contributed by atoms with Crippen molar-refractivity contribution in [1.29, 1.82) is 0 Å². The van der Waals surface area contributed by atoms with Gasteiger partial charge in [-0.1, -0.05) is 48.0 Å². The number of rotatable bonds is 3. The summed E-state index contributed by atoms with van der Waals surface area (Å²) < 4.78 is 0. The second-order valence-electron chi connectivity index (χ2n) is 5.61. The predicted molar refractivity (Wildman–Crippen MR) is 86.3 cm³/mol. The molecule has 1 unspecified atom stereocenters. The molecule has 0 radical (unpaired) electrons. The summed E-state index contributed by atoms with van der Waals surface area (Å²) in [5, 5.41) is 0.567. The standard InChI is InChI=1S/C17H20ClN3/c1-20-10-11-21(12-15-8-5-9-17(18)19-15)16(13-20)14-6-3-2-4-7-14/h2-9,16H,10-13H2,1H3. The monoisotopic (exact) mass is 301 g/mol. The van der Waals surface area contributed by atoms with Crippen molar-refractivity contribution < 1.29 is 0 Å². The maximum absolute atomic E-state index is 6.00. The van der Waals surface area contributed by atoms with Crippen molar-refractivity contribution in [1.82, 2.24) is 14.8 Å². The lowest BCUT2D eigenvalue weighted by Gasteiger charge is -2.40. The fraction of sp³-hybridized carbons (Fsp3) is 0.353. The van der Waals surface area contributed by atoms with E-state index in [0.717, 1.165) is 31.9 Å². The van der Waals surface area contributed by atoms with E-state index < -0.39 is 0 Å². The molecule has 0 N–H and O–H groups in total. The number of hydrogen-bond acceptors (Lipinski definition) is 3. The molecule has 1 aromatic heterocycles. The van der Waals surface area contributed by atoms with Crippen molar-refractivity contribution in [2.24, 2.45) is 0 Å². The quantitative estimate of drug-likeness (QED) is 0.812. The van der Waals surface area contributed by atoms with E-state index in [1.54, 1.807) is 0 Å². The molecule has 1 aliphatic rings. The van der Waals surface area contributed by atoms with Crippen molar-refractivity contribution in [2.45, 2.75) is 12.6 Å². The molecule has 0 spiro atoms. The third kappa shape index (κ3) is 3.62. The molecule has 3 rings (SSSR count). The average molecular weight is 302 g/mol. The molecule has 1 saturated heterocycles. The molecule has 4 heteroatoms. The van der Waals surface area contributed by atoms with Gasteiger partial charge in [-0.15, -0.1) is 0 Å². The zero-order valence-corrected chi connectivity index (χ0v) is 13.0. The summed E-state index contributed by atoms with van der Waals surface area (Å²) in [6.45, 7) is 4.02. The molecule has 2 heterocycles. The van der Waals surface area contributed by atoms with Crippen molar-refractivity contribution in [3.63, 3.8) is 0 Å². The lowest BCUT2D eigenvalue weighted by Crippen LogP contribution is -2.46. The highest BCUT2D eigenvalue weighted by molar-refractivity contribution is 6.29. The van der Waals surface area contributed by atoms with Crippen LogP contribution in [0.15, 0.2) is 48.5 Å². The first kappa shape index (κ1) is 14.5. The molecule has 0 bridgehead atoms. The van der Waals surface area contributed by atoms with Crippen LogP contribution in [-0.2, 0) is 6.54 Å². The highest BCUT2D eigenvalue weighted by Crippen LogP contribution is 2.26. The van der Waals surface area contributed by atoms with E-state index in [-0.39, 0.29) is 0 Å². The van der Waals surface area contributed by atoms with Crippen LogP contribution in [0.2, 0.25) is 5.15 Å². The van der Waals surface area contributed by atoms with Crippen LogP contribution < -0.4 is 0 Å². The molecular formula is C17H20ClN3. The molecule has 110 valence electrons. The van der Waals surface area contributed by atoms with Gasteiger partial charge in [0.25, 0.3) is 0 Å². The molecule has 1 fully saturated rings. The van der Waals surface area contributed by atoms with Crippen LogP contribution >= 0.6 is 11.6 Å². The fourth-order valence-electron chi connectivity index (χ4n) is 2.88. The SMILES string of the molecule is CN1CCN(Cc2cccc(Cl)n2)C(c2ccccc2)C1. The maximum Gasteiger partial charge on any atom is 0.129 e. The molecule has 1 aromatic carbocycles. The Kier molecular flexibility index (Phi) is 4.54. The Labute approximate surface area is 131 Å². The Morgan fingerprint density at radius 1 is 1.10 bits per heavy atom. The molecule has 1 atom stereocenters. The number of likely N-dealkylation sites (N-methyl/N-ethyl adjacent to an activating group) is 1. The van der Waals surface area contributed by atoms with Crippen molar-refractivity contribution >= 4 is 11.6 Å². The number of pyridine rings is 1. The average Bonchev–Trinajstić information content (AvgIpc) is 2.50. The van der Waals surface area contributed by atoms with Gasteiger partial charge in [-0.25, -0.2) is 4.98 Å². The van der Waals surface area contributed by atoms with Gasteiger partial charge in [0.05, 0.1) is 5.69 Å². The number of benzene rings is 1. The van der Waals surface area contributed by atoms with E-state index in [2.05, 4.69) is 52.2 Å². The number of nitrogens with zero attached hydrogens (tertiary/aromatic N) is 3. The molecule has 0 amide bonds. The van der Waals surface area contributed by atoms with Crippen molar-refractivity contribution in [3.8, 4) is 0 Å². The predicted octanol–water partition coefficient (Wildman–Crippen LogP) is 3.22. The zero-order valence-electron chi connectivity index (χ0n) is 12.2. The molecule has 3 nitrogen and oxygen atoms in total. The molecule has 0 aliphatic carbocycles. The van der Waals surface area contributed by atoms with E-state index in [9.17, 15) is 0 Å². The maximum atomic E-state index is 6.00. The highest BCUT2D eigenvalue weighted by Gasteiger charge is 2.26. The van der Waals surface area contributed by atoms with Crippen LogP contribution in [-0.4, -0.2) is 41.5 Å². The normalized spacial score (nSPS) is 20.6. The highest BCUT2D eigenvalue weighted by atomic mass is 35.5. The van der Waals surface area contributed by atoms with Crippen molar-refractivity contribution in [2.75, 3.05) is 26.7 Å². The van der Waals surface area contributed by atoms with Crippen molar-refractivity contribution in [3.05, 3.63) is 64.9 Å². The van der Waals surface area contributed by atoms with Crippen LogP contribution in [0, 0.1) is 0 Å². The Bertz CT molecular complexity index is 588. The largest absolute Gasteiger partial charge is 0.303 e. The second-order valence-corrected chi connectivity index (χ2v) is 6.00. The van der Waals surface area contributed by atoms with E-state index in [1.165, 1.54) is 5.56 Å². The summed E-state index contributed by atoms with van der Waals surface area (Å²) >= 11 is 6.00. The van der Waals surface area contributed by atoms with Gasteiger partial charge in [-0.2, -0.15) is 0 Å². The Hall–Kier alpha value is -1.42. The minimum atomic E-state index is 0.408. The fourth-order valence-corrected chi connectivity index (χ4v) is 3.07. The van der Waals surface area contributed by atoms with E-state index >= 15 is 0 Å². The summed E-state index contributed by atoms with van der Waals surface area (Å²) in [7, 11) is 2.19. The van der Waals surface area contributed by atoms with Gasteiger partial charge < -0.3 is 4.90 Å². The van der Waals surface area contributed by atoms with Gasteiger partial charge >= 0.3 is 0 Å². The summed E-state index contributed by atoms with van der Waals surface area (Å²) in [5.41, 5.74) is 2.40. The van der Waals surface area contributed by atoms with E-state index in [1.807, 2.05) is 18.2 Å². The Morgan fingerprint density at radius 2 is 1.90 bits per heavy atom. The first-order valence-corrected chi connectivity index (χ1v) is 7.69. The Balaban J connectivity index is 1.81. The lowest BCUT2D eigenvalue weighted by molar-refractivity contribution is 0.0823. The van der Waals surface area contributed by atoms with Gasteiger partial charge in [0.1, 0.15) is 5.15 Å². The molecule has 21 heavy (non-hydrogen) atoms. The van der Waals surface area contributed by atoms with Crippen LogP contribution in [0.25, 0.3) is 0 Å². The van der Waals surface area contributed by atoms with Gasteiger partial charge in [-0.3, -0.25) is 4.90 Å².